The van der Waals surface area contributed by atoms with Gasteiger partial charge in [-0.1, -0.05) is 11.6 Å². The van der Waals surface area contributed by atoms with E-state index in [0.29, 0.717) is 42.6 Å². The molecule has 164 valence electrons. The van der Waals surface area contributed by atoms with Gasteiger partial charge in [0.2, 0.25) is 5.75 Å². The van der Waals surface area contributed by atoms with Crippen LogP contribution < -0.4 is 19.5 Å². The van der Waals surface area contributed by atoms with Crippen LogP contribution >= 0.6 is 0 Å². The summed E-state index contributed by atoms with van der Waals surface area (Å²) in [5, 5.41) is 4.44. The van der Waals surface area contributed by atoms with Gasteiger partial charge in [-0.15, -0.1) is 0 Å². The first kappa shape index (κ1) is 21.1. The van der Waals surface area contributed by atoms with Crippen LogP contribution in [0.2, 0.25) is 0 Å². The fourth-order valence-electron chi connectivity index (χ4n) is 4.28. The number of nitrogens with one attached hydrogen (secondary N) is 2. The lowest BCUT2D eigenvalue weighted by Crippen LogP contribution is -2.35. The summed E-state index contributed by atoms with van der Waals surface area (Å²) in [5.41, 5.74) is 5.42. The summed E-state index contributed by atoms with van der Waals surface area (Å²) in [6.07, 6.45) is 1.61. The van der Waals surface area contributed by atoms with E-state index in [9.17, 15) is 4.79 Å². The molecule has 0 bridgehead atoms. The highest BCUT2D eigenvalue weighted by molar-refractivity contribution is 5.96. The Hall–Kier alpha value is -3.15. The monoisotopic (exact) mass is 422 g/mol. The Kier molecular flexibility index (Phi) is 6.07. The molecule has 1 aromatic heterocycles. The van der Waals surface area contributed by atoms with Gasteiger partial charge in [-0.25, -0.2) is 0 Å². The first-order valence-corrected chi connectivity index (χ1v) is 11.0. The van der Waals surface area contributed by atoms with Crippen molar-refractivity contribution >= 4 is 16.8 Å². The second-order valence-electron chi connectivity index (χ2n) is 7.81. The SMILES string of the molecule is CCOc1cc(C(=O)NC2Cc3[nH]c4ccc(C)cc4c3C2)cc(OCC)c1OCC. The summed E-state index contributed by atoms with van der Waals surface area (Å²) in [5.74, 6) is 1.46. The molecule has 1 aliphatic rings. The third-order valence-corrected chi connectivity index (χ3v) is 5.56. The summed E-state index contributed by atoms with van der Waals surface area (Å²) in [4.78, 5) is 16.6. The Bertz CT molecular complexity index is 1080. The number of fused-ring (bicyclic) bond motifs is 3. The van der Waals surface area contributed by atoms with E-state index in [1.807, 2.05) is 20.8 Å². The first-order valence-electron chi connectivity index (χ1n) is 11.0. The third kappa shape index (κ3) is 4.20. The maximum Gasteiger partial charge on any atom is 0.251 e. The van der Waals surface area contributed by atoms with E-state index in [1.54, 1.807) is 12.1 Å². The predicted octanol–water partition coefficient (Wildman–Crippen LogP) is 4.57. The van der Waals surface area contributed by atoms with Gasteiger partial charge in [0.1, 0.15) is 0 Å². The Morgan fingerprint density at radius 2 is 1.68 bits per heavy atom. The van der Waals surface area contributed by atoms with Gasteiger partial charge < -0.3 is 24.5 Å². The summed E-state index contributed by atoms with van der Waals surface area (Å²) in [6, 6.07) is 9.98. The molecule has 0 fully saturated rings. The molecular weight excluding hydrogens is 392 g/mol. The Morgan fingerprint density at radius 1 is 1.00 bits per heavy atom. The van der Waals surface area contributed by atoms with Crippen molar-refractivity contribution in [3.05, 3.63) is 52.7 Å². The van der Waals surface area contributed by atoms with Gasteiger partial charge in [0.05, 0.1) is 19.8 Å². The number of aryl methyl sites for hydroxylation is 1. The molecule has 0 aliphatic heterocycles. The van der Waals surface area contributed by atoms with Crippen LogP contribution in [0.5, 0.6) is 17.2 Å². The van der Waals surface area contributed by atoms with E-state index in [1.165, 1.54) is 22.2 Å². The van der Waals surface area contributed by atoms with Gasteiger partial charge in [-0.2, -0.15) is 0 Å². The minimum absolute atomic E-state index is 0.0521. The number of aromatic nitrogens is 1. The highest BCUT2D eigenvalue weighted by Gasteiger charge is 2.28. The molecular formula is C25H30N2O4. The molecule has 4 rings (SSSR count). The van der Waals surface area contributed by atoms with Crippen molar-refractivity contribution in [3.63, 3.8) is 0 Å². The maximum atomic E-state index is 13.1. The highest BCUT2D eigenvalue weighted by atomic mass is 16.5. The normalized spacial score (nSPS) is 15.0. The summed E-state index contributed by atoms with van der Waals surface area (Å²) < 4.78 is 17.2. The molecule has 0 radical (unpaired) electrons. The Labute approximate surface area is 182 Å². The number of H-pyrrole nitrogens is 1. The predicted molar refractivity (Wildman–Crippen MR) is 122 cm³/mol. The topological polar surface area (TPSA) is 72.6 Å². The second-order valence-corrected chi connectivity index (χ2v) is 7.81. The van der Waals surface area contributed by atoms with E-state index < -0.39 is 0 Å². The lowest BCUT2D eigenvalue weighted by molar-refractivity contribution is 0.0937. The zero-order chi connectivity index (χ0) is 22.0. The van der Waals surface area contributed by atoms with Gasteiger partial charge in [0.25, 0.3) is 5.91 Å². The molecule has 1 atom stereocenters. The third-order valence-electron chi connectivity index (χ3n) is 5.56. The quantitative estimate of drug-likeness (QED) is 0.558. The van der Waals surface area contributed by atoms with Crippen LogP contribution in [0.3, 0.4) is 0 Å². The zero-order valence-electron chi connectivity index (χ0n) is 18.6. The van der Waals surface area contributed by atoms with E-state index >= 15 is 0 Å². The highest BCUT2D eigenvalue weighted by Crippen LogP contribution is 2.39. The van der Waals surface area contributed by atoms with Gasteiger partial charge in [0.15, 0.2) is 11.5 Å². The van der Waals surface area contributed by atoms with Crippen LogP contribution in [0.25, 0.3) is 10.9 Å². The number of hydrogen-bond donors (Lipinski definition) is 2. The molecule has 2 aromatic carbocycles. The fraction of sp³-hybridized carbons (Fsp3) is 0.400. The van der Waals surface area contributed by atoms with Crippen LogP contribution in [-0.2, 0) is 12.8 Å². The Morgan fingerprint density at radius 3 is 2.32 bits per heavy atom. The number of benzene rings is 2. The molecule has 31 heavy (non-hydrogen) atoms. The number of carbonyl (C=O) groups excluding carboxylic acids is 1. The summed E-state index contributed by atoms with van der Waals surface area (Å²) in [6.45, 7) is 9.25. The minimum Gasteiger partial charge on any atom is -0.490 e. The molecule has 2 N–H and O–H groups in total. The van der Waals surface area contributed by atoms with Gasteiger partial charge in [0, 0.05) is 34.6 Å². The number of rotatable bonds is 8. The van der Waals surface area contributed by atoms with Crippen molar-refractivity contribution < 1.29 is 19.0 Å². The fourth-order valence-corrected chi connectivity index (χ4v) is 4.28. The molecule has 1 heterocycles. The van der Waals surface area contributed by atoms with Crippen molar-refractivity contribution in [2.45, 2.75) is 46.6 Å². The van der Waals surface area contributed by atoms with Crippen LogP contribution in [0.15, 0.2) is 30.3 Å². The average Bonchev–Trinajstić information content (AvgIpc) is 3.28. The lowest BCUT2D eigenvalue weighted by atomic mass is 10.1. The number of aromatic amines is 1. The Balaban J connectivity index is 1.55. The maximum absolute atomic E-state index is 13.1. The summed E-state index contributed by atoms with van der Waals surface area (Å²) in [7, 11) is 0. The van der Waals surface area contributed by atoms with E-state index in [2.05, 4.69) is 35.4 Å². The molecule has 0 saturated carbocycles. The largest absolute Gasteiger partial charge is 0.490 e. The van der Waals surface area contributed by atoms with Crippen molar-refractivity contribution in [1.82, 2.24) is 10.3 Å². The molecule has 1 amide bonds. The van der Waals surface area contributed by atoms with Crippen LogP contribution in [0, 0.1) is 6.92 Å². The van der Waals surface area contributed by atoms with Crippen molar-refractivity contribution in [2.75, 3.05) is 19.8 Å². The van der Waals surface area contributed by atoms with Gasteiger partial charge in [-0.05, 0) is 63.9 Å². The van der Waals surface area contributed by atoms with Gasteiger partial charge in [-0.3, -0.25) is 4.79 Å². The molecule has 1 aliphatic carbocycles. The molecule has 1 unspecified atom stereocenters. The van der Waals surface area contributed by atoms with Crippen LogP contribution in [0.1, 0.15) is 48.0 Å². The number of ether oxygens (including phenoxy) is 3. The number of carbonyl (C=O) groups is 1. The molecule has 0 spiro atoms. The summed E-state index contributed by atoms with van der Waals surface area (Å²) >= 11 is 0. The van der Waals surface area contributed by atoms with Crippen LogP contribution in [-0.4, -0.2) is 36.8 Å². The van der Waals surface area contributed by atoms with E-state index in [-0.39, 0.29) is 11.9 Å². The first-order chi connectivity index (χ1) is 15.0. The van der Waals surface area contributed by atoms with E-state index in [0.717, 1.165) is 18.4 Å². The minimum atomic E-state index is -0.138. The average molecular weight is 423 g/mol. The van der Waals surface area contributed by atoms with Crippen molar-refractivity contribution in [2.24, 2.45) is 0 Å². The number of amides is 1. The van der Waals surface area contributed by atoms with E-state index in [4.69, 9.17) is 14.2 Å². The smallest absolute Gasteiger partial charge is 0.251 e. The van der Waals surface area contributed by atoms with Gasteiger partial charge >= 0.3 is 0 Å². The lowest BCUT2D eigenvalue weighted by Gasteiger charge is -2.18. The van der Waals surface area contributed by atoms with Crippen molar-refractivity contribution in [3.8, 4) is 17.2 Å². The molecule has 3 aromatic rings. The molecule has 0 saturated heterocycles. The van der Waals surface area contributed by atoms with Crippen molar-refractivity contribution in [1.29, 1.82) is 0 Å². The molecule has 6 heteroatoms. The standard InChI is InChI=1S/C25H30N2O4/c1-5-29-22-11-16(12-23(30-6-2)24(22)31-7-3)25(28)26-17-13-19-18-10-15(4)8-9-20(18)27-21(19)14-17/h8-12,17,27H,5-7,13-14H2,1-4H3,(H,26,28). The zero-order valence-corrected chi connectivity index (χ0v) is 18.6. The number of hydrogen-bond acceptors (Lipinski definition) is 4. The van der Waals surface area contributed by atoms with Crippen LogP contribution in [0.4, 0.5) is 0 Å². The second kappa shape index (κ2) is 8.92. The molecule has 6 nitrogen and oxygen atoms in total.